The maximum atomic E-state index is 4.71. The van der Waals surface area contributed by atoms with E-state index in [1.165, 1.54) is 0 Å². The van der Waals surface area contributed by atoms with Crippen LogP contribution in [0.25, 0.3) is 22.8 Å². The zero-order valence-electron chi connectivity index (χ0n) is 13.5. The van der Waals surface area contributed by atoms with Gasteiger partial charge in [-0.25, -0.2) is 15.0 Å². The summed E-state index contributed by atoms with van der Waals surface area (Å²) in [5.41, 5.74) is 3.72. The molecule has 3 aromatic rings. The third kappa shape index (κ3) is 3.72. The van der Waals surface area contributed by atoms with Gasteiger partial charge in [-0.05, 0) is 25.5 Å². The highest BCUT2D eigenvalue weighted by Crippen LogP contribution is 2.23. The Morgan fingerprint density at radius 1 is 0.870 bits per heavy atom. The van der Waals surface area contributed by atoms with Gasteiger partial charge in [0.1, 0.15) is 11.5 Å². The van der Waals surface area contributed by atoms with Crippen molar-refractivity contribution in [3.63, 3.8) is 0 Å². The molecule has 0 bridgehead atoms. The second kappa shape index (κ2) is 7.01. The summed E-state index contributed by atoms with van der Waals surface area (Å²) in [5.74, 6) is 1.48. The molecule has 0 aliphatic carbocycles. The zero-order valence-corrected chi connectivity index (χ0v) is 13.5. The summed E-state index contributed by atoms with van der Waals surface area (Å²) in [6.45, 7) is 4.99. The zero-order chi connectivity index (χ0) is 16.1. The third-order valence-corrected chi connectivity index (χ3v) is 3.47. The molecule has 0 aliphatic rings. The number of benzene rings is 1. The van der Waals surface area contributed by atoms with Crippen molar-refractivity contribution in [1.29, 1.82) is 0 Å². The van der Waals surface area contributed by atoms with Crippen LogP contribution in [0.15, 0.2) is 54.6 Å². The van der Waals surface area contributed by atoms with E-state index in [9.17, 15) is 0 Å². The normalized spacial score (nSPS) is 10.5. The minimum atomic E-state index is 0.647. The highest BCUT2D eigenvalue weighted by molar-refractivity contribution is 5.66. The van der Waals surface area contributed by atoms with Crippen LogP contribution in [-0.2, 0) is 0 Å². The van der Waals surface area contributed by atoms with Gasteiger partial charge in [0, 0.05) is 23.9 Å². The number of hydrogen-bond donors (Lipinski definition) is 1. The monoisotopic (exact) mass is 304 g/mol. The van der Waals surface area contributed by atoms with Crippen molar-refractivity contribution in [3.8, 4) is 22.8 Å². The number of nitrogens with zero attached hydrogens (tertiary/aromatic N) is 3. The van der Waals surface area contributed by atoms with Crippen LogP contribution in [0.3, 0.4) is 0 Å². The van der Waals surface area contributed by atoms with E-state index >= 15 is 0 Å². The Morgan fingerprint density at radius 2 is 1.70 bits per heavy atom. The van der Waals surface area contributed by atoms with Gasteiger partial charge < -0.3 is 5.32 Å². The van der Waals surface area contributed by atoms with E-state index < -0.39 is 0 Å². The molecular weight excluding hydrogens is 284 g/mol. The lowest BCUT2D eigenvalue weighted by Crippen LogP contribution is -2.05. The lowest BCUT2D eigenvalue weighted by atomic mass is 10.1. The fourth-order valence-corrected chi connectivity index (χ4v) is 2.33. The molecule has 4 heteroatoms. The quantitative estimate of drug-likeness (QED) is 0.762. The minimum Gasteiger partial charge on any atom is -0.370 e. The molecule has 0 unspecified atom stereocenters. The van der Waals surface area contributed by atoms with Gasteiger partial charge in [0.25, 0.3) is 0 Å². The van der Waals surface area contributed by atoms with Crippen LogP contribution in [0, 0.1) is 6.92 Å². The van der Waals surface area contributed by atoms with Crippen molar-refractivity contribution in [2.45, 2.75) is 20.3 Å². The Bertz CT molecular complexity index is 784. The second-order valence-electron chi connectivity index (χ2n) is 5.42. The molecule has 0 aliphatic heterocycles. The standard InChI is InChI=1S/C19H20N4/c1-3-12-20-18-13-17(15-9-5-4-6-10-15)22-19(23-18)16-11-7-8-14(2)21-16/h4-11,13H,3,12H2,1-2H3,(H,20,22,23). The predicted octanol–water partition coefficient (Wildman–Crippen LogP) is 4.34. The van der Waals surface area contributed by atoms with Crippen LogP contribution in [0.5, 0.6) is 0 Å². The summed E-state index contributed by atoms with van der Waals surface area (Å²) in [7, 11) is 0. The third-order valence-electron chi connectivity index (χ3n) is 3.47. The average molecular weight is 304 g/mol. The first-order valence-electron chi connectivity index (χ1n) is 7.88. The molecule has 1 N–H and O–H groups in total. The molecular formula is C19H20N4. The van der Waals surface area contributed by atoms with Crippen LogP contribution in [-0.4, -0.2) is 21.5 Å². The van der Waals surface area contributed by atoms with E-state index in [4.69, 9.17) is 4.98 Å². The highest BCUT2D eigenvalue weighted by atomic mass is 15.0. The Balaban J connectivity index is 2.08. The molecule has 2 heterocycles. The van der Waals surface area contributed by atoms with Gasteiger partial charge in [-0.15, -0.1) is 0 Å². The maximum Gasteiger partial charge on any atom is 0.180 e. The topological polar surface area (TPSA) is 50.7 Å². The highest BCUT2D eigenvalue weighted by Gasteiger charge is 2.09. The molecule has 4 nitrogen and oxygen atoms in total. The summed E-state index contributed by atoms with van der Waals surface area (Å²) < 4.78 is 0. The van der Waals surface area contributed by atoms with Gasteiger partial charge >= 0.3 is 0 Å². The molecule has 0 saturated heterocycles. The first-order valence-corrected chi connectivity index (χ1v) is 7.88. The maximum absolute atomic E-state index is 4.71. The number of aryl methyl sites for hydroxylation is 1. The second-order valence-corrected chi connectivity index (χ2v) is 5.42. The minimum absolute atomic E-state index is 0.647. The Morgan fingerprint density at radius 3 is 2.43 bits per heavy atom. The van der Waals surface area contributed by atoms with Gasteiger partial charge in [-0.3, -0.25) is 0 Å². The Labute approximate surface area is 136 Å². The Hall–Kier alpha value is -2.75. The van der Waals surface area contributed by atoms with E-state index in [0.717, 1.165) is 41.4 Å². The summed E-state index contributed by atoms with van der Waals surface area (Å²) in [4.78, 5) is 13.9. The van der Waals surface area contributed by atoms with Gasteiger partial charge in [0.2, 0.25) is 0 Å². The van der Waals surface area contributed by atoms with E-state index in [0.29, 0.717) is 5.82 Å². The molecule has 0 fully saturated rings. The number of anilines is 1. The van der Waals surface area contributed by atoms with E-state index in [1.54, 1.807) is 0 Å². The van der Waals surface area contributed by atoms with Gasteiger partial charge in [0.15, 0.2) is 5.82 Å². The van der Waals surface area contributed by atoms with Crippen LogP contribution < -0.4 is 5.32 Å². The molecule has 2 aromatic heterocycles. The van der Waals surface area contributed by atoms with Crippen molar-refractivity contribution in [1.82, 2.24) is 15.0 Å². The largest absolute Gasteiger partial charge is 0.370 e. The molecule has 0 atom stereocenters. The fraction of sp³-hybridized carbons (Fsp3) is 0.211. The lowest BCUT2D eigenvalue weighted by Gasteiger charge is -2.10. The molecule has 3 rings (SSSR count). The van der Waals surface area contributed by atoms with Gasteiger partial charge in [-0.2, -0.15) is 0 Å². The predicted molar refractivity (Wildman–Crippen MR) is 94.2 cm³/mol. The molecule has 0 saturated carbocycles. The van der Waals surface area contributed by atoms with Crippen LogP contribution in [0.1, 0.15) is 19.0 Å². The van der Waals surface area contributed by atoms with Crippen LogP contribution in [0.4, 0.5) is 5.82 Å². The van der Waals surface area contributed by atoms with E-state index in [1.807, 2.05) is 49.4 Å². The SMILES string of the molecule is CCCNc1cc(-c2ccccc2)nc(-c2cccc(C)n2)n1. The molecule has 116 valence electrons. The lowest BCUT2D eigenvalue weighted by molar-refractivity contribution is 0.965. The molecule has 1 aromatic carbocycles. The smallest absolute Gasteiger partial charge is 0.180 e. The van der Waals surface area contributed by atoms with Crippen LogP contribution in [0.2, 0.25) is 0 Å². The van der Waals surface area contributed by atoms with Crippen molar-refractivity contribution in [2.24, 2.45) is 0 Å². The number of aromatic nitrogens is 3. The average Bonchev–Trinajstić information content (AvgIpc) is 2.60. The number of nitrogens with one attached hydrogen (secondary N) is 1. The van der Waals surface area contributed by atoms with Crippen molar-refractivity contribution in [2.75, 3.05) is 11.9 Å². The molecule has 0 amide bonds. The van der Waals surface area contributed by atoms with E-state index in [2.05, 4.69) is 34.3 Å². The van der Waals surface area contributed by atoms with Gasteiger partial charge in [-0.1, -0.05) is 43.3 Å². The molecule has 0 radical (unpaired) electrons. The first-order chi connectivity index (χ1) is 11.3. The summed E-state index contributed by atoms with van der Waals surface area (Å²) >= 11 is 0. The summed E-state index contributed by atoms with van der Waals surface area (Å²) in [5, 5.41) is 3.35. The summed E-state index contributed by atoms with van der Waals surface area (Å²) in [6, 6.07) is 18.0. The van der Waals surface area contributed by atoms with Crippen molar-refractivity contribution >= 4 is 5.82 Å². The van der Waals surface area contributed by atoms with Crippen molar-refractivity contribution < 1.29 is 0 Å². The van der Waals surface area contributed by atoms with Crippen molar-refractivity contribution in [3.05, 3.63) is 60.3 Å². The van der Waals surface area contributed by atoms with Crippen LogP contribution >= 0.6 is 0 Å². The fourth-order valence-electron chi connectivity index (χ4n) is 2.33. The molecule has 23 heavy (non-hydrogen) atoms. The number of rotatable bonds is 5. The van der Waals surface area contributed by atoms with Gasteiger partial charge in [0.05, 0.1) is 5.69 Å². The number of hydrogen-bond acceptors (Lipinski definition) is 4. The Kier molecular flexibility index (Phi) is 4.62. The number of pyridine rings is 1. The summed E-state index contributed by atoms with van der Waals surface area (Å²) in [6.07, 6.45) is 1.04. The molecule has 0 spiro atoms. The first kappa shape index (κ1) is 15.2. The van der Waals surface area contributed by atoms with E-state index in [-0.39, 0.29) is 0 Å².